The van der Waals surface area contributed by atoms with Crippen LogP contribution in [0.1, 0.15) is 40.9 Å². The predicted molar refractivity (Wildman–Crippen MR) is 101 cm³/mol. The molecule has 1 heterocycles. The Morgan fingerprint density at radius 2 is 1.84 bits per heavy atom. The van der Waals surface area contributed by atoms with Gasteiger partial charge in [0.2, 0.25) is 5.91 Å². The fourth-order valence-electron chi connectivity index (χ4n) is 3.28. The van der Waals surface area contributed by atoms with Crippen molar-refractivity contribution in [3.8, 4) is 0 Å². The van der Waals surface area contributed by atoms with Crippen molar-refractivity contribution >= 4 is 23.2 Å². The third kappa shape index (κ3) is 5.16. The minimum Gasteiger partial charge on any atom is -0.354 e. The molecule has 25 heavy (non-hydrogen) atoms. The smallest absolute Gasteiger partial charge is 0.262 e. The van der Waals surface area contributed by atoms with Crippen LogP contribution in [0.3, 0.4) is 0 Å². The summed E-state index contributed by atoms with van der Waals surface area (Å²) in [6, 6.07) is 12.9. The van der Waals surface area contributed by atoms with E-state index in [1.54, 1.807) is 6.07 Å². The van der Waals surface area contributed by atoms with Crippen molar-refractivity contribution < 1.29 is 9.59 Å². The molecule has 1 aliphatic rings. The summed E-state index contributed by atoms with van der Waals surface area (Å²) in [4.78, 5) is 25.7. The molecular weight excluding hydrogens is 332 g/mol. The van der Waals surface area contributed by atoms with Crippen LogP contribution in [0.15, 0.2) is 47.8 Å². The van der Waals surface area contributed by atoms with Gasteiger partial charge in [-0.3, -0.25) is 9.59 Å². The van der Waals surface area contributed by atoms with Crippen LogP contribution in [0.2, 0.25) is 0 Å². The lowest BCUT2D eigenvalue weighted by atomic mass is 10.0. The van der Waals surface area contributed by atoms with Crippen LogP contribution in [0.25, 0.3) is 0 Å². The van der Waals surface area contributed by atoms with Crippen LogP contribution in [-0.4, -0.2) is 24.4 Å². The minimum atomic E-state index is -0.557. The molecule has 1 aliphatic carbocycles. The molecule has 0 saturated heterocycles. The SMILES string of the molecule is O=C(NC(Cc1ccccc1)C(=O)NCC1CCCC1)c1cccs1. The Labute approximate surface area is 152 Å². The number of nitrogens with one attached hydrogen (secondary N) is 2. The molecule has 1 unspecified atom stereocenters. The number of hydrogen-bond acceptors (Lipinski definition) is 3. The molecular formula is C20H24N2O2S. The maximum Gasteiger partial charge on any atom is 0.262 e. The molecule has 2 aromatic rings. The van der Waals surface area contributed by atoms with E-state index in [1.807, 2.05) is 41.8 Å². The molecule has 0 spiro atoms. The Balaban J connectivity index is 1.64. The van der Waals surface area contributed by atoms with Gasteiger partial charge in [-0.1, -0.05) is 49.2 Å². The van der Waals surface area contributed by atoms with Gasteiger partial charge >= 0.3 is 0 Å². The summed E-state index contributed by atoms with van der Waals surface area (Å²) in [6.07, 6.45) is 5.37. The van der Waals surface area contributed by atoms with Gasteiger partial charge in [0.05, 0.1) is 4.88 Å². The molecule has 1 fully saturated rings. The molecule has 3 rings (SSSR count). The van der Waals surface area contributed by atoms with Crippen LogP contribution in [0, 0.1) is 5.92 Å². The highest BCUT2D eigenvalue weighted by Crippen LogP contribution is 2.23. The third-order valence-corrected chi connectivity index (χ3v) is 5.56. The van der Waals surface area contributed by atoms with E-state index in [9.17, 15) is 9.59 Å². The summed E-state index contributed by atoms with van der Waals surface area (Å²) >= 11 is 1.38. The summed E-state index contributed by atoms with van der Waals surface area (Å²) in [5, 5.41) is 7.81. The quantitative estimate of drug-likeness (QED) is 0.799. The van der Waals surface area contributed by atoms with Gasteiger partial charge in [0.25, 0.3) is 5.91 Å². The molecule has 1 aromatic carbocycles. The van der Waals surface area contributed by atoms with Gasteiger partial charge in [-0.05, 0) is 35.8 Å². The second-order valence-corrected chi connectivity index (χ2v) is 7.54. The average molecular weight is 356 g/mol. The Bertz CT molecular complexity index is 679. The highest BCUT2D eigenvalue weighted by molar-refractivity contribution is 7.12. The van der Waals surface area contributed by atoms with Crippen molar-refractivity contribution in [1.29, 1.82) is 0 Å². The lowest BCUT2D eigenvalue weighted by Gasteiger charge is -2.20. The van der Waals surface area contributed by atoms with Crippen molar-refractivity contribution in [1.82, 2.24) is 10.6 Å². The van der Waals surface area contributed by atoms with E-state index >= 15 is 0 Å². The van der Waals surface area contributed by atoms with Crippen LogP contribution in [0.4, 0.5) is 0 Å². The van der Waals surface area contributed by atoms with Gasteiger partial charge in [-0.25, -0.2) is 0 Å². The monoisotopic (exact) mass is 356 g/mol. The number of benzene rings is 1. The molecule has 5 heteroatoms. The molecule has 0 bridgehead atoms. The Morgan fingerprint density at radius 1 is 1.08 bits per heavy atom. The van der Waals surface area contributed by atoms with Crippen molar-refractivity contribution in [3.05, 3.63) is 58.3 Å². The second-order valence-electron chi connectivity index (χ2n) is 6.59. The number of hydrogen-bond donors (Lipinski definition) is 2. The van der Waals surface area contributed by atoms with E-state index < -0.39 is 6.04 Å². The van der Waals surface area contributed by atoms with Crippen molar-refractivity contribution in [2.24, 2.45) is 5.92 Å². The third-order valence-electron chi connectivity index (χ3n) is 4.69. The molecule has 1 saturated carbocycles. The van der Waals surface area contributed by atoms with Crippen LogP contribution in [-0.2, 0) is 11.2 Å². The lowest BCUT2D eigenvalue weighted by Crippen LogP contribution is -2.48. The highest BCUT2D eigenvalue weighted by atomic mass is 32.1. The molecule has 132 valence electrons. The van der Waals surface area contributed by atoms with Crippen molar-refractivity contribution in [3.63, 3.8) is 0 Å². The summed E-state index contributed by atoms with van der Waals surface area (Å²) in [6.45, 7) is 0.707. The summed E-state index contributed by atoms with van der Waals surface area (Å²) in [5.41, 5.74) is 1.04. The summed E-state index contributed by atoms with van der Waals surface area (Å²) in [7, 11) is 0. The Morgan fingerprint density at radius 3 is 2.52 bits per heavy atom. The Hall–Kier alpha value is -2.14. The van der Waals surface area contributed by atoms with Gasteiger partial charge in [0.15, 0.2) is 0 Å². The minimum absolute atomic E-state index is 0.0966. The molecule has 1 aromatic heterocycles. The van der Waals surface area contributed by atoms with E-state index in [-0.39, 0.29) is 11.8 Å². The number of thiophene rings is 1. The van der Waals surface area contributed by atoms with Gasteiger partial charge in [0, 0.05) is 13.0 Å². The number of amides is 2. The molecule has 4 nitrogen and oxygen atoms in total. The first-order valence-corrected chi connectivity index (χ1v) is 9.76. The van der Waals surface area contributed by atoms with Crippen LogP contribution >= 0.6 is 11.3 Å². The first-order chi connectivity index (χ1) is 12.2. The standard InChI is InChI=1S/C20H24N2O2S/c23-19(21-14-16-9-4-5-10-16)17(13-15-7-2-1-3-8-15)22-20(24)18-11-6-12-25-18/h1-3,6-8,11-12,16-17H,4-5,9-10,13-14H2,(H,21,23)(H,22,24). The lowest BCUT2D eigenvalue weighted by molar-refractivity contribution is -0.123. The van der Waals surface area contributed by atoms with E-state index in [0.717, 1.165) is 5.56 Å². The molecule has 0 aliphatic heterocycles. The van der Waals surface area contributed by atoms with E-state index in [4.69, 9.17) is 0 Å². The second kappa shape index (κ2) is 8.81. The van der Waals surface area contributed by atoms with Gasteiger partial charge in [-0.2, -0.15) is 0 Å². The number of carbonyl (C=O) groups is 2. The predicted octanol–water partition coefficient (Wildman–Crippen LogP) is 3.40. The largest absolute Gasteiger partial charge is 0.354 e. The maximum atomic E-state index is 12.7. The topological polar surface area (TPSA) is 58.2 Å². The zero-order chi connectivity index (χ0) is 17.5. The zero-order valence-electron chi connectivity index (χ0n) is 14.2. The van der Waals surface area contributed by atoms with E-state index in [2.05, 4.69) is 10.6 Å². The van der Waals surface area contributed by atoms with Crippen molar-refractivity contribution in [2.45, 2.75) is 38.1 Å². The summed E-state index contributed by atoms with van der Waals surface area (Å²) < 4.78 is 0. The molecule has 2 N–H and O–H groups in total. The molecule has 0 radical (unpaired) electrons. The number of carbonyl (C=O) groups excluding carboxylic acids is 2. The molecule has 1 atom stereocenters. The van der Waals surface area contributed by atoms with Crippen LogP contribution in [0.5, 0.6) is 0 Å². The fraction of sp³-hybridized carbons (Fsp3) is 0.400. The first kappa shape index (κ1) is 17.7. The average Bonchev–Trinajstić information content (AvgIpc) is 3.33. The normalized spacial score (nSPS) is 15.7. The van der Waals surface area contributed by atoms with Crippen molar-refractivity contribution in [2.75, 3.05) is 6.54 Å². The Kier molecular flexibility index (Phi) is 6.23. The van der Waals surface area contributed by atoms with Gasteiger partial charge in [-0.15, -0.1) is 11.3 Å². The maximum absolute atomic E-state index is 12.7. The van der Waals surface area contributed by atoms with Crippen LogP contribution < -0.4 is 10.6 Å². The first-order valence-electron chi connectivity index (χ1n) is 8.88. The number of rotatable bonds is 7. The van der Waals surface area contributed by atoms with E-state index in [0.29, 0.717) is 23.8 Å². The van der Waals surface area contributed by atoms with Gasteiger partial charge in [0.1, 0.15) is 6.04 Å². The molecule has 2 amide bonds. The fourth-order valence-corrected chi connectivity index (χ4v) is 3.91. The summed E-state index contributed by atoms with van der Waals surface area (Å²) in [5.74, 6) is 0.293. The zero-order valence-corrected chi connectivity index (χ0v) is 15.1. The van der Waals surface area contributed by atoms with Gasteiger partial charge < -0.3 is 10.6 Å². The highest BCUT2D eigenvalue weighted by Gasteiger charge is 2.23. The van der Waals surface area contributed by atoms with E-state index in [1.165, 1.54) is 37.0 Å².